The van der Waals surface area contributed by atoms with Crippen LogP contribution in [0.15, 0.2) is 0 Å². The van der Waals surface area contributed by atoms with Crippen molar-refractivity contribution in [1.82, 2.24) is 15.1 Å². The number of likely N-dealkylation sites (N-methyl/N-ethyl adjacent to an activating group) is 1. The van der Waals surface area contributed by atoms with E-state index in [0.717, 1.165) is 38.8 Å². The smallest absolute Gasteiger partial charge is 0.317 e. The minimum atomic E-state index is 0.0342. The highest BCUT2D eigenvalue weighted by molar-refractivity contribution is 5.74. The number of aliphatic hydroxyl groups is 1. The van der Waals surface area contributed by atoms with Gasteiger partial charge in [-0.2, -0.15) is 0 Å². The Balaban J connectivity index is 2.36. The summed E-state index contributed by atoms with van der Waals surface area (Å²) in [5, 5.41) is 11.8. The number of likely N-dealkylation sites (tertiary alicyclic amines) is 1. The van der Waals surface area contributed by atoms with Crippen LogP contribution in [0.2, 0.25) is 0 Å². The van der Waals surface area contributed by atoms with E-state index in [2.05, 4.69) is 24.3 Å². The van der Waals surface area contributed by atoms with Crippen molar-refractivity contribution < 1.29 is 9.90 Å². The molecule has 106 valence electrons. The summed E-state index contributed by atoms with van der Waals surface area (Å²) in [4.78, 5) is 16.2. The molecule has 1 fully saturated rings. The van der Waals surface area contributed by atoms with Crippen molar-refractivity contribution >= 4 is 6.03 Å². The molecule has 5 heteroatoms. The number of nitrogens with zero attached hydrogens (tertiary/aromatic N) is 2. The first-order valence-electron chi connectivity index (χ1n) is 6.87. The second-order valence-electron chi connectivity index (χ2n) is 5.42. The average Bonchev–Trinajstić information content (AvgIpc) is 2.36. The Morgan fingerprint density at radius 3 is 2.89 bits per heavy atom. The second-order valence-corrected chi connectivity index (χ2v) is 5.42. The van der Waals surface area contributed by atoms with Gasteiger partial charge in [0.25, 0.3) is 0 Å². The van der Waals surface area contributed by atoms with E-state index in [4.69, 9.17) is 5.11 Å². The van der Waals surface area contributed by atoms with E-state index < -0.39 is 0 Å². The molecule has 2 atom stereocenters. The monoisotopic (exact) mass is 257 g/mol. The average molecular weight is 257 g/mol. The lowest BCUT2D eigenvalue weighted by Crippen LogP contribution is -2.52. The number of amides is 2. The molecular weight excluding hydrogens is 230 g/mol. The van der Waals surface area contributed by atoms with Gasteiger partial charge < -0.3 is 20.2 Å². The fourth-order valence-electron chi connectivity index (χ4n) is 2.33. The minimum absolute atomic E-state index is 0.0342. The molecule has 0 bridgehead atoms. The second kappa shape index (κ2) is 7.59. The zero-order chi connectivity index (χ0) is 13.5. The molecule has 0 aliphatic carbocycles. The van der Waals surface area contributed by atoms with Gasteiger partial charge in [-0.3, -0.25) is 0 Å². The topological polar surface area (TPSA) is 55.8 Å². The third-order valence-corrected chi connectivity index (χ3v) is 3.58. The van der Waals surface area contributed by atoms with Crippen LogP contribution in [0, 0.1) is 0 Å². The number of carbonyl (C=O) groups excluding carboxylic acids is 1. The Kier molecular flexibility index (Phi) is 6.43. The van der Waals surface area contributed by atoms with E-state index in [1.807, 2.05) is 11.8 Å². The van der Waals surface area contributed by atoms with Gasteiger partial charge >= 0.3 is 6.03 Å². The molecular formula is C13H27N3O2. The van der Waals surface area contributed by atoms with Gasteiger partial charge in [0.1, 0.15) is 0 Å². The van der Waals surface area contributed by atoms with Gasteiger partial charge in [0.2, 0.25) is 0 Å². The first-order valence-corrected chi connectivity index (χ1v) is 6.87. The maximum Gasteiger partial charge on any atom is 0.317 e. The summed E-state index contributed by atoms with van der Waals surface area (Å²) in [5.41, 5.74) is 0. The Morgan fingerprint density at radius 1 is 1.56 bits per heavy atom. The van der Waals surface area contributed by atoms with Crippen LogP contribution in [0.1, 0.15) is 32.6 Å². The molecule has 1 heterocycles. The molecule has 1 aliphatic heterocycles. The van der Waals surface area contributed by atoms with Crippen LogP contribution < -0.4 is 5.32 Å². The molecule has 2 N–H and O–H groups in total. The lowest BCUT2D eigenvalue weighted by molar-refractivity contribution is 0.137. The summed E-state index contributed by atoms with van der Waals surface area (Å²) >= 11 is 0. The van der Waals surface area contributed by atoms with E-state index in [1.165, 1.54) is 0 Å². The molecule has 1 rings (SSSR count). The van der Waals surface area contributed by atoms with E-state index in [0.29, 0.717) is 6.04 Å². The summed E-state index contributed by atoms with van der Waals surface area (Å²) in [6.07, 6.45) is 3.80. The third-order valence-electron chi connectivity index (χ3n) is 3.58. The predicted molar refractivity (Wildman–Crippen MR) is 72.6 cm³/mol. The Morgan fingerprint density at radius 2 is 2.28 bits per heavy atom. The maximum atomic E-state index is 12.1. The Hall–Kier alpha value is -0.810. The van der Waals surface area contributed by atoms with Gasteiger partial charge in [0.15, 0.2) is 0 Å². The summed E-state index contributed by atoms with van der Waals surface area (Å²) in [7, 11) is 4.13. The van der Waals surface area contributed by atoms with Gasteiger partial charge in [-0.25, -0.2) is 4.79 Å². The highest BCUT2D eigenvalue weighted by Crippen LogP contribution is 2.13. The first-order chi connectivity index (χ1) is 8.54. The zero-order valence-corrected chi connectivity index (χ0v) is 11.9. The van der Waals surface area contributed by atoms with Crippen LogP contribution in [-0.2, 0) is 0 Å². The summed E-state index contributed by atoms with van der Waals surface area (Å²) < 4.78 is 0. The third kappa shape index (κ3) is 4.82. The number of piperidine rings is 1. The fourth-order valence-corrected chi connectivity index (χ4v) is 2.33. The molecule has 0 aromatic rings. The zero-order valence-electron chi connectivity index (χ0n) is 11.9. The number of nitrogens with one attached hydrogen (secondary N) is 1. The molecule has 2 unspecified atom stereocenters. The van der Waals surface area contributed by atoms with Crippen molar-refractivity contribution in [1.29, 1.82) is 0 Å². The SMILES string of the molecule is CC(CCCO)NC(=O)N1CCCC(N(C)C)C1. The van der Waals surface area contributed by atoms with Crippen LogP contribution in [0.5, 0.6) is 0 Å². The van der Waals surface area contributed by atoms with Crippen LogP contribution in [-0.4, -0.2) is 66.8 Å². The molecule has 1 aliphatic rings. The van der Waals surface area contributed by atoms with Gasteiger partial charge in [0.05, 0.1) is 0 Å². The Labute approximate surface area is 110 Å². The summed E-state index contributed by atoms with van der Waals surface area (Å²) in [6, 6.07) is 0.633. The summed E-state index contributed by atoms with van der Waals surface area (Å²) in [6.45, 7) is 3.84. The van der Waals surface area contributed by atoms with Crippen LogP contribution >= 0.6 is 0 Å². The largest absolute Gasteiger partial charge is 0.396 e. The number of hydrogen-bond donors (Lipinski definition) is 2. The number of hydrogen-bond acceptors (Lipinski definition) is 3. The van der Waals surface area contributed by atoms with E-state index in [9.17, 15) is 4.79 Å². The van der Waals surface area contributed by atoms with Gasteiger partial charge in [-0.15, -0.1) is 0 Å². The molecule has 0 aromatic carbocycles. The van der Waals surface area contributed by atoms with Crippen molar-refractivity contribution in [3.05, 3.63) is 0 Å². The first kappa shape index (κ1) is 15.2. The van der Waals surface area contributed by atoms with Gasteiger partial charge in [-0.05, 0) is 46.7 Å². The lowest BCUT2D eigenvalue weighted by atomic mass is 10.1. The van der Waals surface area contributed by atoms with Crippen molar-refractivity contribution in [2.24, 2.45) is 0 Å². The molecule has 0 spiro atoms. The normalized spacial score (nSPS) is 22.1. The highest BCUT2D eigenvalue weighted by Gasteiger charge is 2.25. The number of urea groups is 1. The lowest BCUT2D eigenvalue weighted by Gasteiger charge is -2.36. The molecule has 0 radical (unpaired) electrons. The molecule has 0 saturated carbocycles. The maximum absolute atomic E-state index is 12.1. The quantitative estimate of drug-likeness (QED) is 0.769. The minimum Gasteiger partial charge on any atom is -0.396 e. The van der Waals surface area contributed by atoms with E-state index in [1.54, 1.807) is 0 Å². The van der Waals surface area contributed by atoms with E-state index in [-0.39, 0.29) is 18.7 Å². The van der Waals surface area contributed by atoms with Crippen molar-refractivity contribution in [2.45, 2.75) is 44.7 Å². The summed E-state index contributed by atoms with van der Waals surface area (Å²) in [5.74, 6) is 0. The molecule has 5 nitrogen and oxygen atoms in total. The van der Waals surface area contributed by atoms with Crippen LogP contribution in [0.4, 0.5) is 4.79 Å². The molecule has 2 amide bonds. The van der Waals surface area contributed by atoms with Crippen LogP contribution in [0.3, 0.4) is 0 Å². The predicted octanol–water partition coefficient (Wildman–Crippen LogP) is 0.883. The van der Waals surface area contributed by atoms with Gasteiger partial charge in [0, 0.05) is 31.8 Å². The van der Waals surface area contributed by atoms with E-state index >= 15 is 0 Å². The van der Waals surface area contributed by atoms with Crippen LogP contribution in [0.25, 0.3) is 0 Å². The molecule has 0 aromatic heterocycles. The number of aliphatic hydroxyl groups excluding tert-OH is 1. The Bertz CT molecular complexity index is 259. The number of carbonyl (C=O) groups is 1. The van der Waals surface area contributed by atoms with Crippen molar-refractivity contribution in [3.63, 3.8) is 0 Å². The van der Waals surface area contributed by atoms with Gasteiger partial charge in [-0.1, -0.05) is 0 Å². The van der Waals surface area contributed by atoms with Crippen molar-refractivity contribution in [3.8, 4) is 0 Å². The molecule has 18 heavy (non-hydrogen) atoms. The fraction of sp³-hybridized carbons (Fsp3) is 0.923. The standard InChI is InChI=1S/C13H27N3O2/c1-11(6-5-9-17)14-13(18)16-8-4-7-12(10-16)15(2)3/h11-12,17H,4-10H2,1-3H3,(H,14,18). The highest BCUT2D eigenvalue weighted by atomic mass is 16.3. The molecule has 1 saturated heterocycles. The van der Waals surface area contributed by atoms with Crippen molar-refractivity contribution in [2.75, 3.05) is 33.8 Å². The number of rotatable bonds is 5.